The fourth-order valence-corrected chi connectivity index (χ4v) is 2.64. The van der Waals surface area contributed by atoms with Gasteiger partial charge in [0.2, 0.25) is 17.7 Å². The molecule has 0 aromatic rings. The van der Waals surface area contributed by atoms with E-state index in [9.17, 15) is 19.2 Å². The zero-order chi connectivity index (χ0) is 25.0. The molecule has 11 heteroatoms. The van der Waals surface area contributed by atoms with E-state index in [-0.39, 0.29) is 95.6 Å². The second-order valence-corrected chi connectivity index (χ2v) is 7.62. The molecule has 0 aromatic carbocycles. The predicted octanol–water partition coefficient (Wildman–Crippen LogP) is -0.183. The maximum atomic E-state index is 11.6. The van der Waals surface area contributed by atoms with Gasteiger partial charge in [-0.25, -0.2) is 0 Å². The standard InChI is InChI=1S/C22H41N3O8/c1-5-18(26)6-10-30-14-22(15-31-11-7-19(27)23-2,16-32-12-8-20(28)24-3)17-33-13-9-21(29)25-4/h5-17H2,1-4H3,(H,23,27)(H,24,28)(H,25,29). The minimum atomic E-state index is -0.747. The Kier molecular flexibility index (Phi) is 18.2. The van der Waals surface area contributed by atoms with Crippen LogP contribution in [0.4, 0.5) is 0 Å². The third-order valence-corrected chi connectivity index (χ3v) is 4.81. The van der Waals surface area contributed by atoms with Crippen molar-refractivity contribution in [2.24, 2.45) is 5.41 Å². The van der Waals surface area contributed by atoms with Crippen molar-refractivity contribution in [3.05, 3.63) is 0 Å². The zero-order valence-corrected chi connectivity index (χ0v) is 20.5. The van der Waals surface area contributed by atoms with E-state index in [0.717, 1.165) is 0 Å². The van der Waals surface area contributed by atoms with Crippen LogP contribution in [-0.2, 0) is 38.1 Å². The Morgan fingerprint density at radius 3 is 1.15 bits per heavy atom. The second kappa shape index (κ2) is 19.4. The van der Waals surface area contributed by atoms with Crippen molar-refractivity contribution < 1.29 is 38.1 Å². The maximum absolute atomic E-state index is 11.6. The molecule has 3 N–H and O–H groups in total. The second-order valence-electron chi connectivity index (χ2n) is 7.62. The molecule has 0 radical (unpaired) electrons. The van der Waals surface area contributed by atoms with Crippen LogP contribution in [0.3, 0.4) is 0 Å². The number of Topliss-reactive ketones (excluding diaryl/α,β-unsaturated/α-hetero) is 1. The van der Waals surface area contributed by atoms with E-state index < -0.39 is 5.41 Å². The molecule has 33 heavy (non-hydrogen) atoms. The molecule has 3 amide bonds. The Balaban J connectivity index is 5.09. The fraction of sp³-hybridized carbons (Fsp3) is 0.818. The van der Waals surface area contributed by atoms with Crippen LogP contribution in [0.2, 0.25) is 0 Å². The summed E-state index contributed by atoms with van der Waals surface area (Å²) in [5.41, 5.74) is -0.747. The first-order chi connectivity index (χ1) is 15.8. The van der Waals surface area contributed by atoms with Crippen LogP contribution in [0, 0.1) is 5.41 Å². The number of hydrogen-bond donors (Lipinski definition) is 3. The highest BCUT2D eigenvalue weighted by molar-refractivity contribution is 5.78. The normalized spacial score (nSPS) is 11.2. The minimum absolute atomic E-state index is 0.103. The molecular formula is C22H41N3O8. The highest BCUT2D eigenvalue weighted by Gasteiger charge is 2.33. The van der Waals surface area contributed by atoms with Gasteiger partial charge in [-0.2, -0.15) is 0 Å². The van der Waals surface area contributed by atoms with Crippen molar-refractivity contribution >= 4 is 23.5 Å². The summed E-state index contributed by atoms with van der Waals surface area (Å²) in [5, 5.41) is 7.61. The Morgan fingerprint density at radius 2 is 0.879 bits per heavy atom. The summed E-state index contributed by atoms with van der Waals surface area (Å²) in [7, 11) is 4.66. The van der Waals surface area contributed by atoms with E-state index in [2.05, 4.69) is 16.0 Å². The van der Waals surface area contributed by atoms with E-state index in [1.54, 1.807) is 28.1 Å². The van der Waals surface area contributed by atoms with Gasteiger partial charge in [-0.1, -0.05) is 6.92 Å². The highest BCUT2D eigenvalue weighted by atomic mass is 16.5. The lowest BCUT2D eigenvalue weighted by Gasteiger charge is -2.33. The maximum Gasteiger partial charge on any atom is 0.222 e. The Hall–Kier alpha value is -2.08. The van der Waals surface area contributed by atoms with Gasteiger partial charge in [0.15, 0.2) is 0 Å². The van der Waals surface area contributed by atoms with Gasteiger partial charge in [-0.3, -0.25) is 19.2 Å². The molecule has 0 atom stereocenters. The van der Waals surface area contributed by atoms with Gasteiger partial charge in [0, 0.05) is 53.2 Å². The topological polar surface area (TPSA) is 141 Å². The molecular weight excluding hydrogens is 434 g/mol. The quantitative estimate of drug-likeness (QED) is 0.194. The number of hydrogen-bond acceptors (Lipinski definition) is 8. The van der Waals surface area contributed by atoms with Gasteiger partial charge in [0.1, 0.15) is 5.78 Å². The van der Waals surface area contributed by atoms with Crippen molar-refractivity contribution in [1.82, 2.24) is 16.0 Å². The summed E-state index contributed by atoms with van der Waals surface area (Å²) in [5.74, 6) is -0.318. The van der Waals surface area contributed by atoms with Gasteiger partial charge in [-0.05, 0) is 0 Å². The molecule has 0 spiro atoms. The van der Waals surface area contributed by atoms with Crippen LogP contribution in [0.25, 0.3) is 0 Å². The minimum Gasteiger partial charge on any atom is -0.380 e. The molecule has 0 heterocycles. The van der Waals surface area contributed by atoms with Crippen molar-refractivity contribution in [3.8, 4) is 0 Å². The van der Waals surface area contributed by atoms with Gasteiger partial charge < -0.3 is 34.9 Å². The average Bonchev–Trinajstić information content (AvgIpc) is 2.83. The van der Waals surface area contributed by atoms with Crippen LogP contribution in [-0.4, -0.2) is 97.5 Å². The monoisotopic (exact) mass is 475 g/mol. The predicted molar refractivity (Wildman–Crippen MR) is 122 cm³/mol. The zero-order valence-electron chi connectivity index (χ0n) is 20.5. The number of amides is 3. The summed E-state index contributed by atoms with van der Waals surface area (Å²) in [6.07, 6.45) is 1.36. The van der Waals surface area contributed by atoms with Crippen molar-refractivity contribution in [2.45, 2.75) is 39.0 Å². The van der Waals surface area contributed by atoms with Gasteiger partial charge in [-0.15, -0.1) is 0 Å². The molecule has 11 nitrogen and oxygen atoms in total. The number of ether oxygens (including phenoxy) is 4. The highest BCUT2D eigenvalue weighted by Crippen LogP contribution is 2.21. The van der Waals surface area contributed by atoms with Crippen LogP contribution in [0.1, 0.15) is 39.0 Å². The van der Waals surface area contributed by atoms with Crippen molar-refractivity contribution in [2.75, 3.05) is 74.0 Å². The average molecular weight is 476 g/mol. The third kappa shape index (κ3) is 16.2. The molecule has 0 aromatic heterocycles. The Labute approximate surface area is 196 Å². The van der Waals surface area contributed by atoms with Crippen LogP contribution in [0.5, 0.6) is 0 Å². The first kappa shape index (κ1) is 30.9. The molecule has 0 bridgehead atoms. The SMILES string of the molecule is CCC(=O)CCOCC(COCCC(=O)NC)(COCCC(=O)NC)COCCC(=O)NC. The van der Waals surface area contributed by atoms with E-state index >= 15 is 0 Å². The van der Waals surface area contributed by atoms with E-state index in [1.165, 1.54) is 0 Å². The van der Waals surface area contributed by atoms with Crippen LogP contribution >= 0.6 is 0 Å². The van der Waals surface area contributed by atoms with Crippen molar-refractivity contribution in [3.63, 3.8) is 0 Å². The smallest absolute Gasteiger partial charge is 0.222 e. The van der Waals surface area contributed by atoms with Gasteiger partial charge >= 0.3 is 0 Å². The Morgan fingerprint density at radius 1 is 0.576 bits per heavy atom. The number of carbonyl (C=O) groups excluding carboxylic acids is 4. The largest absolute Gasteiger partial charge is 0.380 e. The molecule has 192 valence electrons. The molecule has 0 aliphatic heterocycles. The van der Waals surface area contributed by atoms with Gasteiger partial charge in [0.25, 0.3) is 0 Å². The van der Waals surface area contributed by atoms with E-state index in [4.69, 9.17) is 18.9 Å². The molecule has 0 unspecified atom stereocenters. The summed E-state index contributed by atoms with van der Waals surface area (Å²) < 4.78 is 23.0. The molecule has 0 aliphatic carbocycles. The van der Waals surface area contributed by atoms with Gasteiger partial charge in [0.05, 0.1) is 58.3 Å². The summed E-state index contributed by atoms with van der Waals surface area (Å²) in [6.45, 7) is 3.36. The number of carbonyl (C=O) groups is 4. The molecule has 0 fully saturated rings. The van der Waals surface area contributed by atoms with E-state index in [0.29, 0.717) is 12.8 Å². The van der Waals surface area contributed by atoms with Crippen LogP contribution in [0.15, 0.2) is 0 Å². The summed E-state index contributed by atoms with van der Waals surface area (Å²) in [6, 6.07) is 0. The molecule has 0 saturated heterocycles. The molecule has 0 rings (SSSR count). The van der Waals surface area contributed by atoms with Crippen molar-refractivity contribution in [1.29, 1.82) is 0 Å². The van der Waals surface area contributed by atoms with E-state index in [1.807, 2.05) is 0 Å². The third-order valence-electron chi connectivity index (χ3n) is 4.81. The number of nitrogens with one attached hydrogen (secondary N) is 3. The molecule has 0 saturated carbocycles. The summed E-state index contributed by atoms with van der Waals surface area (Å²) in [4.78, 5) is 46.0. The first-order valence-corrected chi connectivity index (χ1v) is 11.3. The lowest BCUT2D eigenvalue weighted by Crippen LogP contribution is -2.42. The van der Waals surface area contributed by atoms with Crippen LogP contribution < -0.4 is 16.0 Å². The lowest BCUT2D eigenvalue weighted by atomic mass is 9.92. The fourth-order valence-electron chi connectivity index (χ4n) is 2.64. The number of rotatable bonds is 21. The summed E-state index contributed by atoms with van der Waals surface area (Å²) >= 11 is 0. The lowest BCUT2D eigenvalue weighted by molar-refractivity contribution is -0.128. The first-order valence-electron chi connectivity index (χ1n) is 11.3. The Bertz CT molecular complexity index is 484. The number of ketones is 1. The molecule has 0 aliphatic rings.